The van der Waals surface area contributed by atoms with E-state index in [9.17, 15) is 4.79 Å². The van der Waals surface area contributed by atoms with Crippen molar-refractivity contribution in [3.05, 3.63) is 29.3 Å². The molecule has 0 radical (unpaired) electrons. The van der Waals surface area contributed by atoms with Gasteiger partial charge in [0, 0.05) is 19.5 Å². The van der Waals surface area contributed by atoms with Gasteiger partial charge < -0.3 is 19.7 Å². The molecule has 0 bridgehead atoms. The maximum atomic E-state index is 12.4. The van der Waals surface area contributed by atoms with Crippen LogP contribution < -0.4 is 10.1 Å². The van der Waals surface area contributed by atoms with Gasteiger partial charge in [0.05, 0.1) is 20.3 Å². The van der Waals surface area contributed by atoms with Gasteiger partial charge in [0.1, 0.15) is 5.75 Å². The Morgan fingerprint density at radius 2 is 2.00 bits per heavy atom. The molecule has 5 nitrogen and oxygen atoms in total. The van der Waals surface area contributed by atoms with E-state index >= 15 is 0 Å². The second-order valence-corrected chi connectivity index (χ2v) is 7.37. The molecular formula is C22H36N2O3. The number of hydrogen-bond donors (Lipinski definition) is 1. The molecule has 1 aromatic rings. The second-order valence-electron chi connectivity index (χ2n) is 7.37. The van der Waals surface area contributed by atoms with Crippen LogP contribution in [0.5, 0.6) is 5.75 Å². The van der Waals surface area contributed by atoms with Crippen LogP contribution in [0.1, 0.15) is 50.2 Å². The first kappa shape index (κ1) is 21.7. The lowest BCUT2D eigenvalue weighted by Crippen LogP contribution is -2.31. The fourth-order valence-corrected chi connectivity index (χ4v) is 3.56. The van der Waals surface area contributed by atoms with Crippen molar-refractivity contribution >= 4 is 5.91 Å². The number of rotatable bonds is 13. The number of nitrogens with one attached hydrogen (secondary N) is 1. The summed E-state index contributed by atoms with van der Waals surface area (Å²) < 4.78 is 11.0. The van der Waals surface area contributed by atoms with Crippen molar-refractivity contribution in [2.45, 2.75) is 46.0 Å². The second kappa shape index (κ2) is 11.3. The van der Waals surface area contributed by atoms with E-state index in [0.717, 1.165) is 30.9 Å². The highest BCUT2D eigenvalue weighted by molar-refractivity contribution is 5.77. The van der Waals surface area contributed by atoms with Crippen molar-refractivity contribution in [2.75, 3.05) is 46.5 Å². The molecular weight excluding hydrogens is 340 g/mol. The van der Waals surface area contributed by atoms with E-state index in [-0.39, 0.29) is 5.91 Å². The molecule has 5 heteroatoms. The summed E-state index contributed by atoms with van der Waals surface area (Å²) in [5.41, 5.74) is 2.38. The molecule has 0 heterocycles. The average Bonchev–Trinajstić information content (AvgIpc) is 3.50. The van der Waals surface area contributed by atoms with E-state index in [0.29, 0.717) is 38.0 Å². The standard InChI is InChI=1S/C22H36N2O3/c1-5-24(6-2)12-14-27-13-11-23-22(25)16-20(18-7-8-18)19-9-10-21(26-4)17(3)15-19/h9-10,15,18,20H,5-8,11-14,16H2,1-4H3,(H,23,25). The molecule has 1 saturated carbocycles. The van der Waals surface area contributed by atoms with Crippen molar-refractivity contribution in [2.24, 2.45) is 5.92 Å². The highest BCUT2D eigenvalue weighted by atomic mass is 16.5. The topological polar surface area (TPSA) is 50.8 Å². The lowest BCUT2D eigenvalue weighted by Gasteiger charge is -2.19. The lowest BCUT2D eigenvalue weighted by molar-refractivity contribution is -0.121. The van der Waals surface area contributed by atoms with Gasteiger partial charge in [0.15, 0.2) is 0 Å². The molecule has 0 spiro atoms. The zero-order chi connectivity index (χ0) is 19.6. The predicted molar refractivity (Wildman–Crippen MR) is 109 cm³/mol. The minimum Gasteiger partial charge on any atom is -0.496 e. The lowest BCUT2D eigenvalue weighted by atomic mass is 9.89. The summed E-state index contributed by atoms with van der Waals surface area (Å²) in [7, 11) is 1.69. The third kappa shape index (κ3) is 7.15. The molecule has 1 amide bonds. The van der Waals surface area contributed by atoms with E-state index in [1.54, 1.807) is 7.11 Å². The molecule has 0 aliphatic heterocycles. The summed E-state index contributed by atoms with van der Waals surface area (Å²) in [6.45, 7) is 11.3. The monoisotopic (exact) mass is 376 g/mol. The quantitative estimate of drug-likeness (QED) is 0.536. The van der Waals surface area contributed by atoms with E-state index in [1.807, 2.05) is 6.07 Å². The molecule has 2 rings (SSSR count). The molecule has 1 aliphatic carbocycles. The fourth-order valence-electron chi connectivity index (χ4n) is 3.56. The maximum Gasteiger partial charge on any atom is 0.220 e. The van der Waals surface area contributed by atoms with Crippen LogP contribution >= 0.6 is 0 Å². The Hall–Kier alpha value is -1.59. The van der Waals surface area contributed by atoms with E-state index < -0.39 is 0 Å². The Bertz CT molecular complexity index is 583. The maximum absolute atomic E-state index is 12.4. The van der Waals surface area contributed by atoms with Gasteiger partial charge >= 0.3 is 0 Å². The van der Waals surface area contributed by atoms with Crippen molar-refractivity contribution in [3.8, 4) is 5.75 Å². The number of ether oxygens (including phenoxy) is 2. The van der Waals surface area contributed by atoms with Gasteiger partial charge in [-0.1, -0.05) is 26.0 Å². The number of amides is 1. The molecule has 1 unspecified atom stereocenters. The first-order chi connectivity index (χ1) is 13.1. The van der Waals surface area contributed by atoms with E-state index in [1.165, 1.54) is 18.4 Å². The van der Waals surface area contributed by atoms with Crippen molar-refractivity contribution < 1.29 is 14.3 Å². The summed E-state index contributed by atoms with van der Waals surface area (Å²) in [5.74, 6) is 1.96. The number of benzene rings is 1. The molecule has 0 saturated heterocycles. The van der Waals surface area contributed by atoms with E-state index in [2.05, 4.69) is 43.1 Å². The summed E-state index contributed by atoms with van der Waals surface area (Å²) in [6, 6.07) is 6.30. The Labute approximate surface area is 164 Å². The summed E-state index contributed by atoms with van der Waals surface area (Å²) >= 11 is 0. The van der Waals surface area contributed by atoms with Gasteiger partial charge in [-0.3, -0.25) is 4.79 Å². The number of carbonyl (C=O) groups excluding carboxylic acids is 1. The number of nitrogens with zero attached hydrogens (tertiary/aromatic N) is 1. The SMILES string of the molecule is CCN(CC)CCOCCNC(=O)CC(c1ccc(OC)c(C)c1)C1CC1. The third-order valence-corrected chi connectivity index (χ3v) is 5.46. The smallest absolute Gasteiger partial charge is 0.220 e. The van der Waals surface area contributed by atoms with E-state index in [4.69, 9.17) is 9.47 Å². The number of carbonyl (C=O) groups is 1. The molecule has 1 aliphatic rings. The summed E-state index contributed by atoms with van der Waals surface area (Å²) in [5, 5.41) is 3.02. The first-order valence-electron chi connectivity index (χ1n) is 10.3. The fraction of sp³-hybridized carbons (Fsp3) is 0.682. The predicted octanol–water partition coefficient (Wildman–Crippen LogP) is 3.36. The number of aryl methyl sites for hydroxylation is 1. The molecule has 1 N–H and O–H groups in total. The van der Waals surface area contributed by atoms with Crippen LogP contribution in [-0.2, 0) is 9.53 Å². The zero-order valence-electron chi connectivity index (χ0n) is 17.4. The van der Waals surface area contributed by atoms with Crippen LogP contribution in [0.3, 0.4) is 0 Å². The summed E-state index contributed by atoms with van der Waals surface area (Å²) in [6.07, 6.45) is 2.99. The Morgan fingerprint density at radius 1 is 1.26 bits per heavy atom. The molecule has 152 valence electrons. The molecule has 1 fully saturated rings. The van der Waals surface area contributed by atoms with Gasteiger partial charge in [-0.05, 0) is 61.9 Å². The molecule has 27 heavy (non-hydrogen) atoms. The zero-order valence-corrected chi connectivity index (χ0v) is 17.4. The van der Waals surface area contributed by atoms with Crippen molar-refractivity contribution in [3.63, 3.8) is 0 Å². The first-order valence-corrected chi connectivity index (χ1v) is 10.3. The molecule has 0 aromatic heterocycles. The minimum absolute atomic E-state index is 0.118. The molecule has 1 atom stereocenters. The Morgan fingerprint density at radius 3 is 2.59 bits per heavy atom. The van der Waals surface area contributed by atoms with Gasteiger partial charge in [-0.2, -0.15) is 0 Å². The van der Waals surface area contributed by atoms with Crippen LogP contribution in [0.15, 0.2) is 18.2 Å². The van der Waals surface area contributed by atoms with Crippen LogP contribution in [0, 0.1) is 12.8 Å². The largest absolute Gasteiger partial charge is 0.496 e. The third-order valence-electron chi connectivity index (χ3n) is 5.46. The van der Waals surface area contributed by atoms with Gasteiger partial charge in [-0.15, -0.1) is 0 Å². The normalized spacial score (nSPS) is 15.0. The minimum atomic E-state index is 0.118. The van der Waals surface area contributed by atoms with Gasteiger partial charge in [0.2, 0.25) is 5.91 Å². The Kier molecular flexibility index (Phi) is 9.08. The highest BCUT2D eigenvalue weighted by Crippen LogP contribution is 2.45. The van der Waals surface area contributed by atoms with Crippen LogP contribution in [-0.4, -0.2) is 57.3 Å². The van der Waals surface area contributed by atoms with Crippen molar-refractivity contribution in [1.82, 2.24) is 10.2 Å². The molecule has 1 aromatic carbocycles. The van der Waals surface area contributed by atoms with Gasteiger partial charge in [0.25, 0.3) is 0 Å². The van der Waals surface area contributed by atoms with Crippen LogP contribution in [0.2, 0.25) is 0 Å². The average molecular weight is 377 g/mol. The van der Waals surface area contributed by atoms with Crippen LogP contribution in [0.25, 0.3) is 0 Å². The number of likely N-dealkylation sites (N-methyl/N-ethyl adjacent to an activating group) is 1. The van der Waals surface area contributed by atoms with Gasteiger partial charge in [-0.25, -0.2) is 0 Å². The number of methoxy groups -OCH3 is 1. The summed E-state index contributed by atoms with van der Waals surface area (Å²) in [4.78, 5) is 14.7. The highest BCUT2D eigenvalue weighted by Gasteiger charge is 2.33. The number of hydrogen-bond acceptors (Lipinski definition) is 4. The van der Waals surface area contributed by atoms with Crippen LogP contribution in [0.4, 0.5) is 0 Å². The Balaban J connectivity index is 1.73. The van der Waals surface area contributed by atoms with Crippen molar-refractivity contribution in [1.29, 1.82) is 0 Å².